The third-order valence-electron chi connectivity index (χ3n) is 3.71. The zero-order valence-electron chi connectivity index (χ0n) is 14.3. The van der Waals surface area contributed by atoms with Crippen LogP contribution in [0.1, 0.15) is 15.9 Å². The fraction of sp³-hybridized carbons (Fsp3) is 0.158. The van der Waals surface area contributed by atoms with E-state index in [2.05, 4.69) is 5.32 Å². The molecule has 0 atom stereocenters. The molecule has 0 saturated heterocycles. The van der Waals surface area contributed by atoms with Crippen molar-refractivity contribution in [3.05, 3.63) is 59.3 Å². The van der Waals surface area contributed by atoms with Crippen LogP contribution in [-0.2, 0) is 9.53 Å². The van der Waals surface area contributed by atoms with Gasteiger partial charge >= 0.3 is 5.97 Å². The van der Waals surface area contributed by atoms with Gasteiger partial charge in [0.2, 0.25) is 6.79 Å². The Balaban J connectivity index is 1.83. The van der Waals surface area contributed by atoms with Gasteiger partial charge in [-0.25, -0.2) is 4.79 Å². The molecule has 2 aromatic carbocycles. The van der Waals surface area contributed by atoms with Crippen molar-refractivity contribution in [1.82, 2.24) is 5.32 Å². The Bertz CT molecular complexity index is 857. The number of esters is 1. The zero-order valence-corrected chi connectivity index (χ0v) is 14.3. The van der Waals surface area contributed by atoms with Gasteiger partial charge in [0, 0.05) is 5.56 Å². The summed E-state index contributed by atoms with van der Waals surface area (Å²) in [5, 5.41) is 2.57. The summed E-state index contributed by atoms with van der Waals surface area (Å²) in [5.74, 6) is 0.730. The molecule has 1 heterocycles. The molecule has 26 heavy (non-hydrogen) atoms. The second-order valence-electron chi connectivity index (χ2n) is 5.34. The Morgan fingerprint density at radius 1 is 1.04 bits per heavy atom. The van der Waals surface area contributed by atoms with Crippen LogP contribution in [0.15, 0.2) is 48.2 Å². The van der Waals surface area contributed by atoms with Crippen molar-refractivity contribution in [2.45, 2.75) is 0 Å². The third kappa shape index (κ3) is 3.77. The number of methoxy groups -OCH3 is 2. The summed E-state index contributed by atoms with van der Waals surface area (Å²) in [6.45, 7) is 0.153. The van der Waals surface area contributed by atoms with Crippen molar-refractivity contribution in [2.75, 3.05) is 21.0 Å². The first-order valence-corrected chi connectivity index (χ1v) is 7.76. The van der Waals surface area contributed by atoms with Gasteiger partial charge in [0.1, 0.15) is 11.4 Å². The summed E-state index contributed by atoms with van der Waals surface area (Å²) < 4.78 is 20.4. The van der Waals surface area contributed by atoms with E-state index in [-0.39, 0.29) is 12.5 Å². The topological polar surface area (TPSA) is 83.1 Å². The fourth-order valence-electron chi connectivity index (χ4n) is 2.36. The molecule has 0 spiro atoms. The van der Waals surface area contributed by atoms with E-state index in [0.717, 1.165) is 0 Å². The minimum atomic E-state index is -0.662. The summed E-state index contributed by atoms with van der Waals surface area (Å²) >= 11 is 0. The van der Waals surface area contributed by atoms with Gasteiger partial charge in [0.25, 0.3) is 5.91 Å². The SMILES string of the molecule is COC(=O)/C(=C\c1ccc2c(c1)OCO2)NC(=O)c1ccc(OC)cc1. The second kappa shape index (κ2) is 7.60. The second-order valence-corrected chi connectivity index (χ2v) is 5.34. The van der Waals surface area contributed by atoms with Crippen molar-refractivity contribution in [2.24, 2.45) is 0 Å². The number of carbonyl (C=O) groups excluding carboxylic acids is 2. The number of carbonyl (C=O) groups is 2. The van der Waals surface area contributed by atoms with Crippen LogP contribution in [-0.4, -0.2) is 32.9 Å². The maximum absolute atomic E-state index is 12.4. The van der Waals surface area contributed by atoms with Crippen LogP contribution < -0.4 is 19.5 Å². The first-order chi connectivity index (χ1) is 12.6. The lowest BCUT2D eigenvalue weighted by molar-refractivity contribution is -0.136. The number of nitrogens with one attached hydrogen (secondary N) is 1. The first-order valence-electron chi connectivity index (χ1n) is 7.76. The monoisotopic (exact) mass is 355 g/mol. The molecule has 0 radical (unpaired) electrons. The Hall–Kier alpha value is -3.48. The summed E-state index contributed by atoms with van der Waals surface area (Å²) in [7, 11) is 2.79. The molecule has 1 aliphatic rings. The average Bonchev–Trinajstić information content (AvgIpc) is 3.14. The largest absolute Gasteiger partial charge is 0.497 e. The van der Waals surface area contributed by atoms with Crippen LogP contribution in [0.25, 0.3) is 6.08 Å². The number of ether oxygens (including phenoxy) is 4. The molecule has 3 rings (SSSR count). The van der Waals surface area contributed by atoms with E-state index in [1.165, 1.54) is 13.2 Å². The highest BCUT2D eigenvalue weighted by atomic mass is 16.7. The van der Waals surface area contributed by atoms with E-state index in [4.69, 9.17) is 18.9 Å². The Labute approximate surface area is 150 Å². The maximum Gasteiger partial charge on any atom is 0.354 e. The molecule has 0 aliphatic carbocycles. The van der Waals surface area contributed by atoms with Crippen molar-refractivity contribution < 1.29 is 28.5 Å². The molecule has 0 unspecified atom stereocenters. The molecule has 7 heteroatoms. The van der Waals surface area contributed by atoms with Gasteiger partial charge < -0.3 is 24.3 Å². The average molecular weight is 355 g/mol. The Kier molecular flexibility index (Phi) is 5.07. The minimum Gasteiger partial charge on any atom is -0.497 e. The predicted octanol–water partition coefficient (Wildman–Crippen LogP) is 2.37. The number of fused-ring (bicyclic) bond motifs is 1. The van der Waals surface area contributed by atoms with Crippen LogP contribution in [0, 0.1) is 0 Å². The molecule has 7 nitrogen and oxygen atoms in total. The molecule has 0 fully saturated rings. The van der Waals surface area contributed by atoms with E-state index in [9.17, 15) is 9.59 Å². The number of rotatable bonds is 5. The smallest absolute Gasteiger partial charge is 0.354 e. The summed E-state index contributed by atoms with van der Waals surface area (Å²) in [6, 6.07) is 11.7. The molecular formula is C19H17NO6. The van der Waals surface area contributed by atoms with E-state index in [1.54, 1.807) is 49.6 Å². The Morgan fingerprint density at radius 3 is 2.46 bits per heavy atom. The molecule has 1 N–H and O–H groups in total. The van der Waals surface area contributed by atoms with Crippen LogP contribution in [0.2, 0.25) is 0 Å². The number of hydrogen-bond donors (Lipinski definition) is 1. The zero-order chi connectivity index (χ0) is 18.5. The van der Waals surface area contributed by atoms with Gasteiger partial charge in [-0.05, 0) is 48.0 Å². The first kappa shape index (κ1) is 17.3. The molecule has 1 aliphatic heterocycles. The van der Waals surface area contributed by atoms with Gasteiger partial charge in [0.15, 0.2) is 11.5 Å². The maximum atomic E-state index is 12.4. The number of hydrogen-bond acceptors (Lipinski definition) is 6. The van der Waals surface area contributed by atoms with E-state index >= 15 is 0 Å². The molecule has 134 valence electrons. The lowest BCUT2D eigenvalue weighted by Crippen LogP contribution is -2.28. The van der Waals surface area contributed by atoms with Gasteiger partial charge in [-0.1, -0.05) is 6.07 Å². The standard InChI is InChI=1S/C19H17NO6/c1-23-14-6-4-13(5-7-14)18(21)20-15(19(22)24-2)9-12-3-8-16-17(10-12)26-11-25-16/h3-10H,11H2,1-2H3,(H,20,21)/b15-9+. The lowest BCUT2D eigenvalue weighted by atomic mass is 10.1. The van der Waals surface area contributed by atoms with Crippen LogP contribution in [0.5, 0.6) is 17.2 Å². The van der Waals surface area contributed by atoms with Gasteiger partial charge in [0.05, 0.1) is 14.2 Å². The van der Waals surface area contributed by atoms with Gasteiger partial charge in [-0.3, -0.25) is 4.79 Å². The lowest BCUT2D eigenvalue weighted by Gasteiger charge is -2.09. The summed E-state index contributed by atoms with van der Waals surface area (Å²) in [5.41, 5.74) is 1.04. The molecular weight excluding hydrogens is 338 g/mol. The van der Waals surface area contributed by atoms with Crippen LogP contribution in [0.4, 0.5) is 0 Å². The summed E-state index contributed by atoms with van der Waals surface area (Å²) in [6.07, 6.45) is 1.51. The minimum absolute atomic E-state index is 0.00665. The van der Waals surface area contributed by atoms with Crippen molar-refractivity contribution in [1.29, 1.82) is 0 Å². The third-order valence-corrected chi connectivity index (χ3v) is 3.71. The number of benzene rings is 2. The molecule has 1 amide bonds. The molecule has 0 saturated carbocycles. The van der Waals surface area contributed by atoms with Gasteiger partial charge in [-0.15, -0.1) is 0 Å². The highest BCUT2D eigenvalue weighted by Crippen LogP contribution is 2.33. The van der Waals surface area contributed by atoms with Gasteiger partial charge in [-0.2, -0.15) is 0 Å². The van der Waals surface area contributed by atoms with Crippen molar-refractivity contribution in [3.63, 3.8) is 0 Å². The molecule has 0 aromatic heterocycles. The van der Waals surface area contributed by atoms with E-state index in [1.807, 2.05) is 0 Å². The highest BCUT2D eigenvalue weighted by Gasteiger charge is 2.17. The molecule has 0 bridgehead atoms. The molecule has 2 aromatic rings. The normalized spacial score (nSPS) is 12.5. The van der Waals surface area contributed by atoms with Crippen molar-refractivity contribution >= 4 is 18.0 Å². The van der Waals surface area contributed by atoms with Crippen LogP contribution >= 0.6 is 0 Å². The van der Waals surface area contributed by atoms with Crippen molar-refractivity contribution in [3.8, 4) is 17.2 Å². The number of amides is 1. The van der Waals surface area contributed by atoms with E-state index < -0.39 is 11.9 Å². The predicted molar refractivity (Wildman–Crippen MR) is 93.0 cm³/mol. The Morgan fingerprint density at radius 2 is 1.77 bits per heavy atom. The summed E-state index contributed by atoms with van der Waals surface area (Å²) in [4.78, 5) is 24.4. The van der Waals surface area contributed by atoms with E-state index in [0.29, 0.717) is 28.4 Å². The highest BCUT2D eigenvalue weighted by molar-refractivity contribution is 6.03. The quantitative estimate of drug-likeness (QED) is 0.655. The van der Waals surface area contributed by atoms with Crippen LogP contribution in [0.3, 0.4) is 0 Å². The fourth-order valence-corrected chi connectivity index (χ4v) is 2.36.